The van der Waals surface area contributed by atoms with Gasteiger partial charge in [-0.05, 0) is 39.0 Å². The molecule has 8 heteroatoms. The molecule has 1 amide bonds. The second kappa shape index (κ2) is 8.54. The summed E-state index contributed by atoms with van der Waals surface area (Å²) in [4.78, 5) is 17.6. The largest absolute Gasteiger partial charge is 0.360 e. The Labute approximate surface area is 178 Å². The van der Waals surface area contributed by atoms with E-state index in [0.29, 0.717) is 0 Å². The number of carbonyl (C=O) groups excluding carboxylic acids is 1. The van der Waals surface area contributed by atoms with Crippen LogP contribution >= 0.6 is 11.8 Å². The van der Waals surface area contributed by atoms with Gasteiger partial charge in [-0.15, -0.1) is 11.8 Å². The number of thioether (sulfide) groups is 1. The number of nitrogens with zero attached hydrogens (tertiary/aromatic N) is 4. The van der Waals surface area contributed by atoms with Crippen LogP contribution in [0.2, 0.25) is 0 Å². The zero-order valence-corrected chi connectivity index (χ0v) is 17.7. The molecule has 0 aliphatic heterocycles. The molecule has 30 heavy (non-hydrogen) atoms. The highest BCUT2D eigenvalue weighted by Gasteiger charge is 2.12. The number of nitrogens with one attached hydrogen (secondary N) is 1. The Bertz CT molecular complexity index is 1240. The number of fused-ring (bicyclic) bond motifs is 1. The summed E-state index contributed by atoms with van der Waals surface area (Å²) in [5.74, 6) is 1.56. The van der Waals surface area contributed by atoms with Crippen molar-refractivity contribution < 1.29 is 9.32 Å². The number of para-hydroxylation sites is 1. The number of pyridine rings is 1. The van der Waals surface area contributed by atoms with E-state index in [2.05, 4.69) is 20.7 Å². The van der Waals surface area contributed by atoms with Crippen molar-refractivity contribution in [3.63, 3.8) is 0 Å². The standard InChI is InChI=1S/C22H21N5O2S/c1-14-10-18(16(3)27(14)20-11-15(2)29-26-20)12-24-25-21(28)13-30-19-8-4-6-17-7-5-9-23-22(17)19/h4-12H,13H2,1-3H3,(H,25,28)/b24-12-. The molecule has 3 aromatic heterocycles. The fourth-order valence-electron chi connectivity index (χ4n) is 3.27. The lowest BCUT2D eigenvalue weighted by molar-refractivity contribution is -0.118. The molecule has 0 radical (unpaired) electrons. The molecule has 1 N–H and O–H groups in total. The number of benzene rings is 1. The molecule has 0 saturated carbocycles. The molecule has 0 atom stereocenters. The summed E-state index contributed by atoms with van der Waals surface area (Å²) in [7, 11) is 0. The minimum Gasteiger partial charge on any atom is -0.360 e. The van der Waals surface area contributed by atoms with Gasteiger partial charge in [-0.2, -0.15) is 5.10 Å². The minimum atomic E-state index is -0.176. The average molecular weight is 420 g/mol. The second-order valence-electron chi connectivity index (χ2n) is 6.87. The molecule has 0 aliphatic carbocycles. The maximum absolute atomic E-state index is 12.2. The molecule has 0 bridgehead atoms. The van der Waals surface area contributed by atoms with Gasteiger partial charge >= 0.3 is 0 Å². The summed E-state index contributed by atoms with van der Waals surface area (Å²) in [5, 5.41) is 9.24. The Morgan fingerprint density at radius 1 is 1.23 bits per heavy atom. The Kier molecular flexibility index (Phi) is 5.67. The third-order valence-corrected chi connectivity index (χ3v) is 5.71. The number of aryl methyl sites for hydroxylation is 2. The van der Waals surface area contributed by atoms with Gasteiger partial charge in [0.25, 0.3) is 0 Å². The van der Waals surface area contributed by atoms with Crippen LogP contribution in [0, 0.1) is 20.8 Å². The van der Waals surface area contributed by atoms with E-state index in [0.717, 1.165) is 44.3 Å². The monoisotopic (exact) mass is 419 g/mol. The van der Waals surface area contributed by atoms with Crippen LogP contribution in [-0.4, -0.2) is 32.6 Å². The van der Waals surface area contributed by atoms with Crippen LogP contribution in [0.1, 0.15) is 22.7 Å². The fourth-order valence-corrected chi connectivity index (χ4v) is 4.10. The SMILES string of the molecule is Cc1cc(-n2c(C)cc(/C=N\NC(=O)CSc3cccc4cccnc34)c2C)no1. The zero-order valence-electron chi connectivity index (χ0n) is 16.9. The van der Waals surface area contributed by atoms with E-state index in [1.807, 2.05) is 67.8 Å². The summed E-state index contributed by atoms with van der Waals surface area (Å²) in [6.07, 6.45) is 3.40. The van der Waals surface area contributed by atoms with Crippen molar-refractivity contribution in [2.45, 2.75) is 25.7 Å². The molecular weight excluding hydrogens is 398 g/mol. The Hall–Kier alpha value is -3.39. The van der Waals surface area contributed by atoms with Gasteiger partial charge in [0.2, 0.25) is 5.91 Å². The van der Waals surface area contributed by atoms with Gasteiger partial charge in [-0.25, -0.2) is 5.43 Å². The highest BCUT2D eigenvalue weighted by molar-refractivity contribution is 8.00. The summed E-state index contributed by atoms with van der Waals surface area (Å²) >= 11 is 1.44. The highest BCUT2D eigenvalue weighted by atomic mass is 32.2. The average Bonchev–Trinajstić information content (AvgIpc) is 3.28. The third-order valence-electron chi connectivity index (χ3n) is 4.66. The van der Waals surface area contributed by atoms with Crippen LogP contribution < -0.4 is 5.43 Å². The lowest BCUT2D eigenvalue weighted by Crippen LogP contribution is -2.19. The molecule has 3 heterocycles. The van der Waals surface area contributed by atoms with E-state index < -0.39 is 0 Å². The van der Waals surface area contributed by atoms with E-state index in [-0.39, 0.29) is 11.7 Å². The smallest absolute Gasteiger partial charge is 0.250 e. The lowest BCUT2D eigenvalue weighted by Gasteiger charge is -2.05. The highest BCUT2D eigenvalue weighted by Crippen LogP contribution is 2.25. The number of hydrogen-bond acceptors (Lipinski definition) is 6. The number of hydrazone groups is 1. The molecule has 0 aliphatic rings. The number of carbonyl (C=O) groups is 1. The van der Waals surface area contributed by atoms with Gasteiger partial charge in [0.15, 0.2) is 5.82 Å². The van der Waals surface area contributed by atoms with Crippen molar-refractivity contribution in [2.75, 3.05) is 5.75 Å². The zero-order chi connectivity index (χ0) is 21.1. The molecule has 4 rings (SSSR count). The van der Waals surface area contributed by atoms with Gasteiger partial charge in [-0.1, -0.05) is 23.4 Å². The topological polar surface area (TPSA) is 85.3 Å². The summed E-state index contributed by atoms with van der Waals surface area (Å²) < 4.78 is 7.16. The predicted molar refractivity (Wildman–Crippen MR) is 118 cm³/mol. The summed E-state index contributed by atoms with van der Waals surface area (Å²) in [6, 6.07) is 13.7. The quantitative estimate of drug-likeness (QED) is 0.288. The first-order valence-electron chi connectivity index (χ1n) is 9.44. The van der Waals surface area contributed by atoms with Gasteiger partial charge in [0.1, 0.15) is 5.76 Å². The summed E-state index contributed by atoms with van der Waals surface area (Å²) in [5.41, 5.74) is 6.37. The number of rotatable bonds is 6. The molecular formula is C22H21N5O2S. The van der Waals surface area contributed by atoms with Crippen LogP contribution in [0.15, 0.2) is 63.2 Å². The first kappa shape index (κ1) is 19.9. The Morgan fingerprint density at radius 2 is 2.07 bits per heavy atom. The summed E-state index contributed by atoms with van der Waals surface area (Å²) in [6.45, 7) is 5.82. The molecule has 1 aromatic carbocycles. The van der Waals surface area contributed by atoms with Gasteiger partial charge < -0.3 is 4.52 Å². The molecule has 0 unspecified atom stereocenters. The molecule has 7 nitrogen and oxygen atoms in total. The molecule has 0 saturated heterocycles. The molecule has 0 spiro atoms. The predicted octanol–water partition coefficient (Wildman–Crippen LogP) is 4.18. The van der Waals surface area contributed by atoms with E-state index >= 15 is 0 Å². The lowest BCUT2D eigenvalue weighted by atomic mass is 10.2. The van der Waals surface area contributed by atoms with Crippen molar-refractivity contribution in [2.24, 2.45) is 5.10 Å². The van der Waals surface area contributed by atoms with Crippen LogP contribution in [0.5, 0.6) is 0 Å². The first-order valence-corrected chi connectivity index (χ1v) is 10.4. The second-order valence-corrected chi connectivity index (χ2v) is 7.89. The van der Waals surface area contributed by atoms with Crippen molar-refractivity contribution in [1.29, 1.82) is 0 Å². The van der Waals surface area contributed by atoms with Crippen LogP contribution in [-0.2, 0) is 4.79 Å². The van der Waals surface area contributed by atoms with E-state index in [9.17, 15) is 4.79 Å². The van der Waals surface area contributed by atoms with Gasteiger partial charge in [-0.3, -0.25) is 14.3 Å². The molecule has 152 valence electrons. The van der Waals surface area contributed by atoms with E-state index in [1.54, 1.807) is 12.4 Å². The maximum atomic E-state index is 12.2. The molecule has 0 fully saturated rings. The van der Waals surface area contributed by atoms with Crippen molar-refractivity contribution in [1.82, 2.24) is 20.1 Å². The van der Waals surface area contributed by atoms with Crippen LogP contribution in [0.4, 0.5) is 0 Å². The van der Waals surface area contributed by atoms with Gasteiger partial charge in [0.05, 0.1) is 17.5 Å². The van der Waals surface area contributed by atoms with Crippen molar-refractivity contribution in [3.8, 4) is 5.82 Å². The van der Waals surface area contributed by atoms with Crippen molar-refractivity contribution in [3.05, 3.63) is 71.4 Å². The van der Waals surface area contributed by atoms with Gasteiger partial charge in [0, 0.05) is 39.5 Å². The van der Waals surface area contributed by atoms with Crippen LogP contribution in [0.3, 0.4) is 0 Å². The van der Waals surface area contributed by atoms with E-state index in [1.165, 1.54) is 11.8 Å². The maximum Gasteiger partial charge on any atom is 0.250 e. The Morgan fingerprint density at radius 3 is 2.87 bits per heavy atom. The number of aromatic nitrogens is 3. The normalized spacial score (nSPS) is 11.4. The van der Waals surface area contributed by atoms with Crippen molar-refractivity contribution >= 4 is 34.8 Å². The third kappa shape index (κ3) is 4.13. The Balaban J connectivity index is 1.39. The molecule has 4 aromatic rings. The number of amides is 1. The number of hydrogen-bond donors (Lipinski definition) is 1. The first-order chi connectivity index (χ1) is 14.5. The fraction of sp³-hybridized carbons (Fsp3) is 0.182. The minimum absolute atomic E-state index is 0.176. The van der Waals surface area contributed by atoms with Crippen LogP contribution in [0.25, 0.3) is 16.7 Å². The van der Waals surface area contributed by atoms with E-state index in [4.69, 9.17) is 4.52 Å².